The molecule has 0 aromatic carbocycles. The van der Waals surface area contributed by atoms with E-state index in [2.05, 4.69) is 24.2 Å². The van der Waals surface area contributed by atoms with Gasteiger partial charge in [0.2, 0.25) is 0 Å². The Morgan fingerprint density at radius 3 is 2.18 bits per heavy atom. The van der Waals surface area contributed by atoms with E-state index in [1.165, 1.54) is 77.4 Å². The minimum atomic E-state index is 0.797. The molecule has 2 heteroatoms. The number of rotatable bonds is 9. The number of nitrogens with one attached hydrogen (secondary N) is 1. The number of hydrogen-bond acceptors (Lipinski definition) is 2. The highest BCUT2D eigenvalue weighted by molar-refractivity contribution is 4.75. The molecule has 102 valence electrons. The van der Waals surface area contributed by atoms with Crippen LogP contribution in [0.25, 0.3) is 0 Å². The van der Waals surface area contributed by atoms with Gasteiger partial charge in [-0.1, -0.05) is 45.4 Å². The largest absolute Gasteiger partial charge is 0.314 e. The maximum atomic E-state index is 3.72. The van der Waals surface area contributed by atoms with Crippen molar-refractivity contribution >= 4 is 0 Å². The molecule has 1 heterocycles. The lowest BCUT2D eigenvalue weighted by molar-refractivity contribution is 0.234. The van der Waals surface area contributed by atoms with Crippen LogP contribution in [-0.2, 0) is 0 Å². The lowest BCUT2D eigenvalue weighted by atomic mass is 10.1. The molecule has 0 unspecified atom stereocenters. The van der Waals surface area contributed by atoms with Gasteiger partial charge in [-0.05, 0) is 45.9 Å². The summed E-state index contributed by atoms with van der Waals surface area (Å²) in [7, 11) is 2.23. The van der Waals surface area contributed by atoms with Gasteiger partial charge in [0.05, 0.1) is 0 Å². The Balaban J connectivity index is 1.81. The molecule has 1 saturated heterocycles. The van der Waals surface area contributed by atoms with Crippen molar-refractivity contribution in [1.82, 2.24) is 10.2 Å². The summed E-state index contributed by atoms with van der Waals surface area (Å²) >= 11 is 0. The molecular formula is C15H32N2. The number of piperidine rings is 1. The van der Waals surface area contributed by atoms with Gasteiger partial charge in [-0.2, -0.15) is 0 Å². The quantitative estimate of drug-likeness (QED) is 0.621. The van der Waals surface area contributed by atoms with Gasteiger partial charge in [0, 0.05) is 6.04 Å². The summed E-state index contributed by atoms with van der Waals surface area (Å²) < 4.78 is 0. The Morgan fingerprint density at radius 1 is 0.941 bits per heavy atom. The number of unbranched alkanes of at least 4 members (excludes halogenated alkanes) is 6. The Morgan fingerprint density at radius 2 is 1.53 bits per heavy atom. The molecule has 0 aliphatic carbocycles. The maximum Gasteiger partial charge on any atom is 0.00914 e. The van der Waals surface area contributed by atoms with Crippen LogP contribution in [0.5, 0.6) is 0 Å². The van der Waals surface area contributed by atoms with Gasteiger partial charge in [-0.25, -0.2) is 0 Å². The van der Waals surface area contributed by atoms with Crippen molar-refractivity contribution in [2.75, 3.05) is 26.7 Å². The van der Waals surface area contributed by atoms with Crippen molar-refractivity contribution in [3.05, 3.63) is 0 Å². The summed E-state index contributed by atoms with van der Waals surface area (Å²) in [4.78, 5) is 2.44. The first-order valence-electron chi connectivity index (χ1n) is 7.75. The third-order valence-electron chi connectivity index (χ3n) is 3.93. The SMILES string of the molecule is CCCCCCCCCNC1CCN(C)CC1. The van der Waals surface area contributed by atoms with Crippen molar-refractivity contribution in [1.29, 1.82) is 0 Å². The van der Waals surface area contributed by atoms with Crippen LogP contribution in [-0.4, -0.2) is 37.6 Å². The second-order valence-corrected chi connectivity index (χ2v) is 5.65. The summed E-state index contributed by atoms with van der Waals surface area (Å²) in [6, 6.07) is 0.797. The lowest BCUT2D eigenvalue weighted by Gasteiger charge is -2.29. The monoisotopic (exact) mass is 240 g/mol. The summed E-state index contributed by atoms with van der Waals surface area (Å²) in [5, 5.41) is 3.72. The van der Waals surface area contributed by atoms with Crippen LogP contribution in [0, 0.1) is 0 Å². The molecular weight excluding hydrogens is 208 g/mol. The van der Waals surface area contributed by atoms with Gasteiger partial charge < -0.3 is 10.2 Å². The Kier molecular flexibility index (Phi) is 8.72. The molecule has 1 N–H and O–H groups in total. The number of likely N-dealkylation sites (tertiary alicyclic amines) is 1. The van der Waals surface area contributed by atoms with Crippen LogP contribution in [0.2, 0.25) is 0 Å². The van der Waals surface area contributed by atoms with Crippen LogP contribution in [0.1, 0.15) is 64.7 Å². The molecule has 0 aromatic heterocycles. The molecule has 0 spiro atoms. The van der Waals surface area contributed by atoms with Crippen LogP contribution < -0.4 is 5.32 Å². The van der Waals surface area contributed by atoms with Crippen molar-refractivity contribution < 1.29 is 0 Å². The fourth-order valence-corrected chi connectivity index (χ4v) is 2.60. The lowest BCUT2D eigenvalue weighted by Crippen LogP contribution is -2.41. The average Bonchev–Trinajstić information content (AvgIpc) is 2.35. The fourth-order valence-electron chi connectivity index (χ4n) is 2.60. The molecule has 0 aromatic rings. The van der Waals surface area contributed by atoms with Crippen molar-refractivity contribution in [3.8, 4) is 0 Å². The summed E-state index contributed by atoms with van der Waals surface area (Å²) in [5.41, 5.74) is 0. The Labute approximate surface area is 108 Å². The first-order chi connectivity index (χ1) is 8.33. The predicted octanol–water partition coefficient (Wildman–Crippen LogP) is 3.42. The van der Waals surface area contributed by atoms with E-state index in [1.54, 1.807) is 0 Å². The molecule has 1 aliphatic heterocycles. The van der Waals surface area contributed by atoms with Gasteiger partial charge in [-0.3, -0.25) is 0 Å². The van der Waals surface area contributed by atoms with Gasteiger partial charge in [-0.15, -0.1) is 0 Å². The average molecular weight is 240 g/mol. The van der Waals surface area contributed by atoms with E-state index in [9.17, 15) is 0 Å². The highest BCUT2D eigenvalue weighted by Crippen LogP contribution is 2.09. The molecule has 0 bridgehead atoms. The van der Waals surface area contributed by atoms with E-state index in [4.69, 9.17) is 0 Å². The maximum absolute atomic E-state index is 3.72. The van der Waals surface area contributed by atoms with Gasteiger partial charge in [0.1, 0.15) is 0 Å². The highest BCUT2D eigenvalue weighted by atomic mass is 15.1. The van der Waals surface area contributed by atoms with E-state index in [-0.39, 0.29) is 0 Å². The van der Waals surface area contributed by atoms with E-state index < -0.39 is 0 Å². The minimum Gasteiger partial charge on any atom is -0.314 e. The highest BCUT2D eigenvalue weighted by Gasteiger charge is 2.14. The van der Waals surface area contributed by atoms with Crippen LogP contribution in [0.4, 0.5) is 0 Å². The third-order valence-corrected chi connectivity index (χ3v) is 3.93. The summed E-state index contributed by atoms with van der Waals surface area (Å²) in [5.74, 6) is 0. The number of hydrogen-bond donors (Lipinski definition) is 1. The van der Waals surface area contributed by atoms with Crippen LogP contribution in [0.3, 0.4) is 0 Å². The summed E-state index contributed by atoms with van der Waals surface area (Å²) in [6.45, 7) is 6.07. The second kappa shape index (κ2) is 9.90. The topological polar surface area (TPSA) is 15.3 Å². The molecule has 17 heavy (non-hydrogen) atoms. The Hall–Kier alpha value is -0.0800. The van der Waals surface area contributed by atoms with Crippen molar-refractivity contribution in [2.24, 2.45) is 0 Å². The first-order valence-corrected chi connectivity index (χ1v) is 7.75. The molecule has 0 atom stereocenters. The van der Waals surface area contributed by atoms with Gasteiger partial charge in [0.25, 0.3) is 0 Å². The van der Waals surface area contributed by atoms with Gasteiger partial charge in [0.15, 0.2) is 0 Å². The molecule has 1 rings (SSSR count). The zero-order chi connectivity index (χ0) is 12.3. The zero-order valence-electron chi connectivity index (χ0n) is 12.0. The molecule has 0 amide bonds. The summed E-state index contributed by atoms with van der Waals surface area (Å²) in [6.07, 6.45) is 12.6. The van der Waals surface area contributed by atoms with Crippen molar-refractivity contribution in [2.45, 2.75) is 70.8 Å². The van der Waals surface area contributed by atoms with E-state index in [0.717, 1.165) is 6.04 Å². The number of nitrogens with zero attached hydrogens (tertiary/aromatic N) is 1. The van der Waals surface area contributed by atoms with E-state index in [1.807, 2.05) is 0 Å². The van der Waals surface area contributed by atoms with E-state index in [0.29, 0.717) is 0 Å². The fraction of sp³-hybridized carbons (Fsp3) is 1.00. The smallest absolute Gasteiger partial charge is 0.00914 e. The predicted molar refractivity (Wildman–Crippen MR) is 76.5 cm³/mol. The standard InChI is InChI=1S/C15H32N2/c1-3-4-5-6-7-8-9-12-16-15-10-13-17(2)14-11-15/h15-16H,3-14H2,1-2H3. The second-order valence-electron chi connectivity index (χ2n) is 5.65. The zero-order valence-corrected chi connectivity index (χ0v) is 12.0. The van der Waals surface area contributed by atoms with Crippen molar-refractivity contribution in [3.63, 3.8) is 0 Å². The minimum absolute atomic E-state index is 0.797. The van der Waals surface area contributed by atoms with Crippen LogP contribution in [0.15, 0.2) is 0 Å². The molecule has 0 saturated carbocycles. The Bertz CT molecular complexity index is 162. The molecule has 1 aliphatic rings. The third kappa shape index (κ3) is 7.77. The molecule has 0 radical (unpaired) electrons. The van der Waals surface area contributed by atoms with E-state index >= 15 is 0 Å². The normalized spacial score (nSPS) is 18.7. The molecule has 2 nitrogen and oxygen atoms in total. The van der Waals surface area contributed by atoms with Gasteiger partial charge >= 0.3 is 0 Å². The van der Waals surface area contributed by atoms with Crippen LogP contribution >= 0.6 is 0 Å². The first kappa shape index (κ1) is 15.0. The molecule has 1 fully saturated rings.